The first-order chi connectivity index (χ1) is 31.9. The molecule has 4 aliphatic rings. The number of hydrogen-bond donors (Lipinski definition) is 6. The zero-order valence-electron chi connectivity index (χ0n) is 40.5. The fourth-order valence-electron chi connectivity index (χ4n) is 12.4. The second-order valence-electron chi connectivity index (χ2n) is 20.2. The minimum Gasteiger partial charge on any atom is -0.396 e. The Morgan fingerprint density at radius 2 is 1.83 bits per heavy atom. The molecule has 10 atom stereocenters. The molecule has 6 N–H and O–H groups in total. The van der Waals surface area contributed by atoms with Crippen molar-refractivity contribution in [1.29, 1.82) is 0 Å². The number of aldehydes is 1. The smallest absolute Gasteiger partial charge is 0.145 e. The molecule has 0 amide bonds. The number of carbonyl (C=O) groups is 1. The highest BCUT2D eigenvalue weighted by Gasteiger charge is 2.68. The van der Waals surface area contributed by atoms with Gasteiger partial charge in [0.15, 0.2) is 0 Å². The van der Waals surface area contributed by atoms with Gasteiger partial charge in [0.05, 0.1) is 31.5 Å². The Morgan fingerprint density at radius 1 is 1.03 bits per heavy atom. The molecule has 2 aromatic carbocycles. The zero-order chi connectivity index (χ0) is 47.3. The molecule has 9 heteroatoms. The largest absolute Gasteiger partial charge is 0.396 e. The number of aliphatic hydroxyl groups is 4. The maximum Gasteiger partial charge on any atom is 0.145 e. The van der Waals surface area contributed by atoms with Crippen LogP contribution in [0.4, 0.5) is 0 Å². The first kappa shape index (κ1) is 51.6. The van der Waals surface area contributed by atoms with Crippen LogP contribution in [0.25, 0.3) is 0 Å². The van der Waals surface area contributed by atoms with E-state index in [9.17, 15) is 25.2 Å². The van der Waals surface area contributed by atoms with E-state index in [-0.39, 0.29) is 67.5 Å². The standard InChI is InChI=1S/C57H80N2O7/c1-40-18-22-49(50(23-19-43-13-8-7-9-14-43)46-16-11-15-44(34-46)35-55(4,59-37-40)28-32-65-6)41(2)12-10-17-48(39-66-33-31-61)51-24-26-57(54(51)63)53-45(25-30-60)20-21-47(52(53)42(3)38-62)36-56(57,64)27-29-58-5/h7-18,20-21,34,38,45,47,49-51,53-54,58-61,63-64H,2,19,22-33,35-37,39H2,1,3-6H3. The summed E-state index contributed by atoms with van der Waals surface area (Å²) in [6, 6.07) is 19.9. The number of methoxy groups -OCH3 is 1. The second-order valence-corrected chi connectivity index (χ2v) is 20.2. The number of aliphatic hydroxyl groups excluding tert-OH is 3. The molecule has 66 heavy (non-hydrogen) atoms. The fraction of sp³-hybridized carbons (Fsp3) is 0.561. The minimum absolute atomic E-state index is 0.0386. The molecule has 2 aromatic rings. The summed E-state index contributed by atoms with van der Waals surface area (Å²) < 4.78 is 11.6. The normalized spacial score (nSPS) is 32.2. The molecule has 3 aliphatic carbocycles. The van der Waals surface area contributed by atoms with Crippen LogP contribution in [0.1, 0.15) is 94.7 Å². The number of allylic oxidation sites excluding steroid dienone is 9. The lowest BCUT2D eigenvalue weighted by Crippen LogP contribution is -2.65. The van der Waals surface area contributed by atoms with Crippen LogP contribution in [-0.4, -0.2) is 104 Å². The van der Waals surface area contributed by atoms with Crippen molar-refractivity contribution >= 4 is 6.29 Å². The average Bonchev–Trinajstić information content (AvgIpc) is 3.66. The van der Waals surface area contributed by atoms with Crippen LogP contribution in [0.3, 0.4) is 0 Å². The maximum atomic E-state index is 13.0. The molecule has 6 rings (SSSR count). The number of hydrogen-bond acceptors (Lipinski definition) is 9. The van der Waals surface area contributed by atoms with E-state index >= 15 is 0 Å². The zero-order valence-corrected chi connectivity index (χ0v) is 40.5. The number of ether oxygens (including phenoxy) is 2. The lowest BCUT2D eigenvalue weighted by atomic mass is 9.45. The van der Waals surface area contributed by atoms with E-state index in [0.717, 1.165) is 61.7 Å². The summed E-state index contributed by atoms with van der Waals surface area (Å²) in [7, 11) is 3.65. The quantitative estimate of drug-likeness (QED) is 0.0256. The van der Waals surface area contributed by atoms with E-state index in [0.29, 0.717) is 50.8 Å². The SMILES string of the molecule is C=C(C=CC=C(COCCO)C1CCC2(C1O)C1C(=C(C)C=O)C(C=CC1CCO)CC2(O)CCNC)C1CC=C(C)CNC(C)(CCOC)Cc2cccc(c2)C1CCc1ccccc1. The summed E-state index contributed by atoms with van der Waals surface area (Å²) in [5, 5.41) is 53.3. The molecule has 360 valence electrons. The molecule has 9 nitrogen and oxygen atoms in total. The van der Waals surface area contributed by atoms with E-state index in [4.69, 9.17) is 16.1 Å². The number of nitrogens with one attached hydrogen (secondary N) is 2. The highest BCUT2D eigenvalue weighted by Crippen LogP contribution is 2.67. The Bertz CT molecular complexity index is 2070. The van der Waals surface area contributed by atoms with Crippen LogP contribution in [0.5, 0.6) is 0 Å². The van der Waals surface area contributed by atoms with Crippen molar-refractivity contribution in [3.8, 4) is 0 Å². The van der Waals surface area contributed by atoms with Crippen molar-refractivity contribution in [2.24, 2.45) is 35.0 Å². The Labute approximate surface area is 395 Å². The molecule has 0 radical (unpaired) electrons. The summed E-state index contributed by atoms with van der Waals surface area (Å²) in [5.41, 5.74) is 6.42. The van der Waals surface area contributed by atoms with Gasteiger partial charge in [0.1, 0.15) is 6.29 Å². The molecule has 4 bridgehead atoms. The third kappa shape index (κ3) is 11.7. The Hall–Kier alpha value is -3.77. The molecule has 1 spiro atoms. The lowest BCUT2D eigenvalue weighted by Gasteiger charge is -2.61. The highest BCUT2D eigenvalue weighted by atomic mass is 16.5. The first-order valence-corrected chi connectivity index (χ1v) is 24.6. The van der Waals surface area contributed by atoms with Gasteiger partial charge in [-0.1, -0.05) is 114 Å². The van der Waals surface area contributed by atoms with E-state index < -0.39 is 17.1 Å². The molecule has 10 unspecified atom stereocenters. The molecular formula is C57H80N2O7. The van der Waals surface area contributed by atoms with Gasteiger partial charge in [0.25, 0.3) is 0 Å². The van der Waals surface area contributed by atoms with E-state index in [1.54, 1.807) is 7.11 Å². The summed E-state index contributed by atoms with van der Waals surface area (Å²) >= 11 is 0. The number of benzene rings is 2. The van der Waals surface area contributed by atoms with Gasteiger partial charge in [-0.25, -0.2) is 0 Å². The van der Waals surface area contributed by atoms with Gasteiger partial charge in [-0.15, -0.1) is 0 Å². The second kappa shape index (κ2) is 24.0. The Morgan fingerprint density at radius 3 is 2.56 bits per heavy atom. The highest BCUT2D eigenvalue weighted by molar-refractivity contribution is 5.74. The van der Waals surface area contributed by atoms with Gasteiger partial charge in [-0.05, 0) is 150 Å². The molecular weight excluding hydrogens is 825 g/mol. The van der Waals surface area contributed by atoms with Crippen molar-refractivity contribution in [1.82, 2.24) is 10.6 Å². The summed E-state index contributed by atoms with van der Waals surface area (Å²) in [5.74, 6) is -0.667. The molecule has 0 saturated heterocycles. The summed E-state index contributed by atoms with van der Waals surface area (Å²) in [4.78, 5) is 12.5. The predicted molar refractivity (Wildman–Crippen MR) is 266 cm³/mol. The molecule has 2 fully saturated rings. The van der Waals surface area contributed by atoms with Crippen LogP contribution < -0.4 is 10.6 Å². The molecule has 1 aliphatic heterocycles. The number of aryl methyl sites for hydroxylation is 1. The Balaban J connectivity index is 1.38. The van der Waals surface area contributed by atoms with Crippen molar-refractivity contribution < 1.29 is 34.7 Å². The molecule has 1 heterocycles. The van der Waals surface area contributed by atoms with Gasteiger partial charge >= 0.3 is 0 Å². The fourth-order valence-corrected chi connectivity index (χ4v) is 12.4. The number of carbonyl (C=O) groups excluding carboxylic acids is 1. The van der Waals surface area contributed by atoms with Gasteiger partial charge < -0.3 is 40.5 Å². The summed E-state index contributed by atoms with van der Waals surface area (Å²) in [6.45, 7) is 13.4. The van der Waals surface area contributed by atoms with Crippen molar-refractivity contribution in [2.45, 2.75) is 108 Å². The van der Waals surface area contributed by atoms with E-state index in [1.807, 2.05) is 14.0 Å². The van der Waals surface area contributed by atoms with Crippen LogP contribution in [0.2, 0.25) is 0 Å². The van der Waals surface area contributed by atoms with Gasteiger partial charge in [0, 0.05) is 49.7 Å². The van der Waals surface area contributed by atoms with Crippen LogP contribution >= 0.6 is 0 Å². The lowest BCUT2D eigenvalue weighted by molar-refractivity contribution is -0.194. The Kier molecular flexibility index (Phi) is 18.8. The third-order valence-electron chi connectivity index (χ3n) is 15.9. The van der Waals surface area contributed by atoms with E-state index in [1.165, 1.54) is 22.3 Å². The van der Waals surface area contributed by atoms with Gasteiger partial charge in [-0.2, -0.15) is 0 Å². The minimum atomic E-state index is -1.24. The predicted octanol–water partition coefficient (Wildman–Crippen LogP) is 8.16. The van der Waals surface area contributed by atoms with E-state index in [2.05, 4.69) is 116 Å². The van der Waals surface area contributed by atoms with Crippen molar-refractivity contribution in [3.05, 3.63) is 142 Å². The third-order valence-corrected chi connectivity index (χ3v) is 15.9. The first-order valence-electron chi connectivity index (χ1n) is 24.6. The topological polar surface area (TPSA) is 141 Å². The van der Waals surface area contributed by atoms with Crippen LogP contribution in [0.15, 0.2) is 125 Å². The molecule has 2 saturated carbocycles. The monoisotopic (exact) mass is 905 g/mol. The van der Waals surface area contributed by atoms with Crippen LogP contribution in [-0.2, 0) is 27.1 Å². The van der Waals surface area contributed by atoms with Crippen molar-refractivity contribution in [2.75, 3.05) is 60.3 Å². The van der Waals surface area contributed by atoms with Gasteiger partial charge in [-0.3, -0.25) is 4.79 Å². The van der Waals surface area contributed by atoms with Crippen LogP contribution in [0, 0.1) is 35.0 Å². The maximum absolute atomic E-state index is 13.0. The summed E-state index contributed by atoms with van der Waals surface area (Å²) in [6.07, 6.45) is 19.8. The average molecular weight is 905 g/mol. The number of rotatable bonds is 20. The van der Waals surface area contributed by atoms with Crippen molar-refractivity contribution in [3.63, 3.8) is 0 Å². The number of fused-ring (bicyclic) bond motifs is 5. The van der Waals surface area contributed by atoms with Gasteiger partial charge in [0.2, 0.25) is 0 Å². The molecule has 0 aromatic heterocycles.